The summed E-state index contributed by atoms with van der Waals surface area (Å²) in [6.45, 7) is 0.875. The van der Waals surface area contributed by atoms with Gasteiger partial charge in [-0.3, -0.25) is 0 Å². The van der Waals surface area contributed by atoms with Crippen molar-refractivity contribution in [2.24, 2.45) is 0 Å². The summed E-state index contributed by atoms with van der Waals surface area (Å²) in [5.74, 6) is 0.928. The molecule has 0 bridgehead atoms. The maximum atomic E-state index is 6.45. The number of fused-ring (bicyclic) bond motifs is 1. The highest BCUT2D eigenvalue weighted by Gasteiger charge is 2.24. The van der Waals surface area contributed by atoms with Crippen LogP contribution in [0.4, 0.5) is 5.82 Å². The van der Waals surface area contributed by atoms with E-state index in [9.17, 15) is 0 Å². The average Bonchev–Trinajstić information content (AvgIpc) is 2.80. The van der Waals surface area contributed by atoms with Crippen LogP contribution in [-0.4, -0.2) is 16.3 Å². The molecule has 0 amide bonds. The number of aromatic nitrogens is 2. The van der Waals surface area contributed by atoms with E-state index in [1.54, 1.807) is 24.3 Å². The van der Waals surface area contributed by atoms with Crippen molar-refractivity contribution < 1.29 is 0 Å². The fourth-order valence-corrected chi connectivity index (χ4v) is 3.96. The molecule has 0 radical (unpaired) electrons. The minimum absolute atomic E-state index is 0.578. The molecule has 1 N–H and O–H groups in total. The Morgan fingerprint density at radius 2 is 1.62 bits per heavy atom. The van der Waals surface area contributed by atoms with Crippen LogP contribution in [0.1, 0.15) is 18.4 Å². The molecule has 4 rings (SSSR count). The van der Waals surface area contributed by atoms with E-state index in [4.69, 9.17) is 51.5 Å². The third kappa shape index (κ3) is 3.29. The molecule has 2 aromatic carbocycles. The van der Waals surface area contributed by atoms with Crippen molar-refractivity contribution >= 4 is 52.2 Å². The van der Waals surface area contributed by atoms with Crippen LogP contribution in [0.3, 0.4) is 0 Å². The molecule has 0 atom stereocenters. The zero-order chi connectivity index (χ0) is 18.3. The van der Waals surface area contributed by atoms with Gasteiger partial charge in [0.15, 0.2) is 0 Å². The van der Waals surface area contributed by atoms with Gasteiger partial charge in [-0.25, -0.2) is 4.68 Å². The zero-order valence-corrected chi connectivity index (χ0v) is 16.7. The standard InChI is InChI=1S/C19H15Cl4N3/c20-11-4-6-15(22)14(9-11)18-13-3-1-2-8-24-19(13)26(25-18)17-10-12(21)5-7-16(17)23/h4-7,9-10,24H,1-3,8H2. The van der Waals surface area contributed by atoms with Crippen LogP contribution in [0, 0.1) is 0 Å². The first-order chi connectivity index (χ1) is 12.5. The average molecular weight is 427 g/mol. The molecule has 0 unspecified atom stereocenters. The molecule has 1 aliphatic heterocycles. The van der Waals surface area contributed by atoms with Gasteiger partial charge in [-0.1, -0.05) is 46.4 Å². The summed E-state index contributed by atoms with van der Waals surface area (Å²) in [4.78, 5) is 0. The summed E-state index contributed by atoms with van der Waals surface area (Å²) < 4.78 is 1.82. The van der Waals surface area contributed by atoms with Gasteiger partial charge in [0.1, 0.15) is 5.82 Å². The summed E-state index contributed by atoms with van der Waals surface area (Å²) in [6.07, 6.45) is 3.06. The Kier molecular flexibility index (Phi) is 5.07. The smallest absolute Gasteiger partial charge is 0.133 e. The maximum absolute atomic E-state index is 6.45. The molecule has 1 aromatic heterocycles. The number of nitrogens with zero attached hydrogens (tertiary/aromatic N) is 2. The third-order valence-electron chi connectivity index (χ3n) is 4.45. The molecule has 3 aromatic rings. The van der Waals surface area contributed by atoms with Crippen molar-refractivity contribution in [1.29, 1.82) is 0 Å². The summed E-state index contributed by atoms with van der Waals surface area (Å²) in [7, 11) is 0. The van der Waals surface area contributed by atoms with Gasteiger partial charge in [0.05, 0.1) is 21.4 Å². The van der Waals surface area contributed by atoms with Crippen molar-refractivity contribution in [3.8, 4) is 16.9 Å². The van der Waals surface area contributed by atoms with Crippen LogP contribution in [0.5, 0.6) is 0 Å². The molecule has 0 saturated carbocycles. The van der Waals surface area contributed by atoms with Crippen LogP contribution >= 0.6 is 46.4 Å². The highest BCUT2D eigenvalue weighted by Crippen LogP contribution is 2.39. The number of benzene rings is 2. The van der Waals surface area contributed by atoms with E-state index in [0.29, 0.717) is 20.1 Å². The third-order valence-corrected chi connectivity index (χ3v) is 5.57. The van der Waals surface area contributed by atoms with E-state index < -0.39 is 0 Å². The van der Waals surface area contributed by atoms with Gasteiger partial charge in [-0.05, 0) is 55.7 Å². The lowest BCUT2D eigenvalue weighted by Crippen LogP contribution is -2.07. The van der Waals surface area contributed by atoms with Gasteiger partial charge in [-0.2, -0.15) is 5.10 Å². The largest absolute Gasteiger partial charge is 0.370 e. The maximum Gasteiger partial charge on any atom is 0.133 e. The molecule has 2 heterocycles. The lowest BCUT2D eigenvalue weighted by molar-refractivity contribution is 0.780. The Morgan fingerprint density at radius 3 is 2.42 bits per heavy atom. The lowest BCUT2D eigenvalue weighted by atomic mass is 10.0. The summed E-state index contributed by atoms with van der Waals surface area (Å²) in [5, 5.41) is 10.7. The highest BCUT2D eigenvalue weighted by atomic mass is 35.5. The second-order valence-electron chi connectivity index (χ2n) is 6.19. The quantitative estimate of drug-likeness (QED) is 0.482. The lowest BCUT2D eigenvalue weighted by Gasteiger charge is -2.11. The normalized spacial score (nSPS) is 13.8. The van der Waals surface area contributed by atoms with Gasteiger partial charge in [-0.15, -0.1) is 0 Å². The van der Waals surface area contributed by atoms with Crippen molar-refractivity contribution in [1.82, 2.24) is 9.78 Å². The first-order valence-electron chi connectivity index (χ1n) is 8.31. The Morgan fingerprint density at radius 1 is 0.885 bits per heavy atom. The fraction of sp³-hybridized carbons (Fsp3) is 0.211. The Bertz CT molecular complexity index is 905. The fourth-order valence-electron chi connectivity index (χ4n) is 3.22. The van der Waals surface area contributed by atoms with Gasteiger partial charge < -0.3 is 5.32 Å². The number of hydrogen-bond donors (Lipinski definition) is 1. The molecule has 1 aliphatic rings. The van der Waals surface area contributed by atoms with Crippen molar-refractivity contribution in [2.45, 2.75) is 19.3 Å². The molecule has 0 aliphatic carbocycles. The highest BCUT2D eigenvalue weighted by molar-refractivity contribution is 6.35. The number of rotatable bonds is 2. The van der Waals surface area contributed by atoms with Gasteiger partial charge in [0.2, 0.25) is 0 Å². The Balaban J connectivity index is 1.98. The van der Waals surface area contributed by atoms with Gasteiger partial charge in [0, 0.05) is 27.7 Å². The molecule has 0 fully saturated rings. The predicted octanol–water partition coefficient (Wildman–Crippen LogP) is 6.90. The molecule has 26 heavy (non-hydrogen) atoms. The van der Waals surface area contributed by atoms with Crippen LogP contribution in [0.15, 0.2) is 36.4 Å². The van der Waals surface area contributed by atoms with Gasteiger partial charge in [0.25, 0.3) is 0 Å². The number of nitrogens with one attached hydrogen (secondary N) is 1. The molecular formula is C19H15Cl4N3. The summed E-state index contributed by atoms with van der Waals surface area (Å²) in [6, 6.07) is 10.8. The first kappa shape index (κ1) is 18.0. The molecule has 0 saturated heterocycles. The van der Waals surface area contributed by atoms with E-state index in [2.05, 4.69) is 5.32 Å². The predicted molar refractivity (Wildman–Crippen MR) is 110 cm³/mol. The SMILES string of the molecule is Clc1ccc(Cl)c(-c2nn(-c3cc(Cl)ccc3Cl)c3c2CCCCN3)c1. The second-order valence-corrected chi connectivity index (χ2v) is 7.88. The first-order valence-corrected chi connectivity index (χ1v) is 9.82. The minimum atomic E-state index is 0.578. The molecule has 0 spiro atoms. The van der Waals surface area contributed by atoms with Crippen LogP contribution in [0.2, 0.25) is 20.1 Å². The Labute approximate surface area is 171 Å². The van der Waals surface area contributed by atoms with Crippen LogP contribution < -0.4 is 5.32 Å². The minimum Gasteiger partial charge on any atom is -0.370 e. The Hall–Kier alpha value is -1.39. The number of anilines is 1. The number of hydrogen-bond acceptors (Lipinski definition) is 2. The van der Waals surface area contributed by atoms with Crippen LogP contribution in [0.25, 0.3) is 16.9 Å². The van der Waals surface area contributed by atoms with Crippen molar-refractivity contribution in [3.63, 3.8) is 0 Å². The molecule has 7 heteroatoms. The monoisotopic (exact) mass is 425 g/mol. The van der Waals surface area contributed by atoms with Gasteiger partial charge >= 0.3 is 0 Å². The van der Waals surface area contributed by atoms with E-state index in [1.807, 2.05) is 16.8 Å². The summed E-state index contributed by atoms with van der Waals surface area (Å²) in [5.41, 5.74) is 3.48. The van der Waals surface area contributed by atoms with Crippen LogP contribution in [-0.2, 0) is 6.42 Å². The number of halogens is 4. The summed E-state index contributed by atoms with van der Waals surface area (Å²) >= 11 is 25.3. The van der Waals surface area contributed by atoms with E-state index in [-0.39, 0.29) is 0 Å². The molecular weight excluding hydrogens is 412 g/mol. The molecule has 3 nitrogen and oxygen atoms in total. The van der Waals surface area contributed by atoms with Crippen molar-refractivity contribution in [3.05, 3.63) is 62.1 Å². The van der Waals surface area contributed by atoms with E-state index in [1.165, 1.54) is 0 Å². The zero-order valence-electron chi connectivity index (χ0n) is 13.7. The van der Waals surface area contributed by atoms with E-state index in [0.717, 1.165) is 54.1 Å². The van der Waals surface area contributed by atoms with E-state index >= 15 is 0 Å². The molecule has 134 valence electrons. The topological polar surface area (TPSA) is 29.9 Å². The van der Waals surface area contributed by atoms with Crippen molar-refractivity contribution in [2.75, 3.05) is 11.9 Å². The second kappa shape index (κ2) is 7.32.